The van der Waals surface area contributed by atoms with Crippen LogP contribution in [-0.2, 0) is 6.54 Å². The van der Waals surface area contributed by atoms with E-state index in [2.05, 4.69) is 37.3 Å². The minimum Gasteiger partial charge on any atom is -0.287 e. The summed E-state index contributed by atoms with van der Waals surface area (Å²) in [6, 6.07) is 8.28. The third-order valence-corrected chi connectivity index (χ3v) is 4.84. The van der Waals surface area contributed by atoms with Gasteiger partial charge in [-0.3, -0.25) is 4.40 Å². The number of nitrogens with zero attached hydrogens (tertiary/aromatic N) is 4. The summed E-state index contributed by atoms with van der Waals surface area (Å²) in [4.78, 5) is 10.2. The van der Waals surface area contributed by atoms with Crippen molar-refractivity contribution in [3.63, 3.8) is 0 Å². The number of aromatic nitrogens is 4. The summed E-state index contributed by atoms with van der Waals surface area (Å²) in [5.41, 5.74) is 4.68. The zero-order valence-corrected chi connectivity index (χ0v) is 10.8. The van der Waals surface area contributed by atoms with E-state index >= 15 is 0 Å². The molecule has 0 aliphatic carbocycles. The van der Waals surface area contributed by atoms with E-state index in [-0.39, 0.29) is 0 Å². The van der Waals surface area contributed by atoms with Gasteiger partial charge in [-0.05, 0) is 29.5 Å². The number of hydrogen-bond acceptors (Lipinski definition) is 3. The summed E-state index contributed by atoms with van der Waals surface area (Å²) in [7, 11) is 0. The molecule has 4 nitrogen and oxygen atoms in total. The molecule has 0 spiro atoms. The van der Waals surface area contributed by atoms with Crippen LogP contribution >= 0.6 is 11.3 Å². The van der Waals surface area contributed by atoms with Gasteiger partial charge in [0.1, 0.15) is 5.65 Å². The molecule has 0 aromatic carbocycles. The Kier molecular flexibility index (Phi) is 1.62. The second-order valence-corrected chi connectivity index (χ2v) is 5.66. The third-order valence-electron chi connectivity index (χ3n) is 3.63. The highest BCUT2D eigenvalue weighted by molar-refractivity contribution is 7.20. The molecule has 0 atom stereocenters. The molecule has 90 valence electrons. The van der Waals surface area contributed by atoms with E-state index in [0.29, 0.717) is 0 Å². The quantitative estimate of drug-likeness (QED) is 0.402. The van der Waals surface area contributed by atoms with Gasteiger partial charge >= 0.3 is 0 Å². The monoisotopic (exact) mass is 265 g/mol. The number of hydrogen-bond donors (Lipinski definition) is 0. The first-order chi connectivity index (χ1) is 9.42. The standard InChI is InChI=1S/C14H9N4S/c1-3-9-8-18-10-7-11-15-5-2-6-17(11)13(10)19-14(18)12(9)16-4-1/h1-7H,8H2/q+1. The molecule has 0 radical (unpaired) electrons. The van der Waals surface area contributed by atoms with Crippen molar-refractivity contribution in [2.75, 3.05) is 0 Å². The summed E-state index contributed by atoms with van der Waals surface area (Å²) in [5, 5.41) is 1.25. The predicted octanol–water partition coefficient (Wildman–Crippen LogP) is 2.26. The average Bonchev–Trinajstić information content (AvgIpc) is 3.07. The van der Waals surface area contributed by atoms with Crippen molar-refractivity contribution in [3.05, 3.63) is 48.4 Å². The largest absolute Gasteiger partial charge is 0.291 e. The van der Waals surface area contributed by atoms with Gasteiger partial charge in [-0.2, -0.15) is 4.57 Å². The Bertz CT molecular complexity index is 951. The number of thiazole rings is 1. The Morgan fingerprint density at radius 2 is 2.16 bits per heavy atom. The minimum absolute atomic E-state index is 0.912. The first kappa shape index (κ1) is 9.63. The molecule has 19 heavy (non-hydrogen) atoms. The van der Waals surface area contributed by atoms with Gasteiger partial charge in [-0.1, -0.05) is 0 Å². The summed E-state index contributed by atoms with van der Waals surface area (Å²) in [5.74, 6) is 0. The maximum atomic E-state index is 4.52. The van der Waals surface area contributed by atoms with Gasteiger partial charge in [0, 0.05) is 18.6 Å². The van der Waals surface area contributed by atoms with E-state index in [9.17, 15) is 0 Å². The van der Waals surface area contributed by atoms with Crippen LogP contribution in [-0.4, -0.2) is 14.4 Å². The van der Waals surface area contributed by atoms with Gasteiger partial charge < -0.3 is 0 Å². The summed E-state index contributed by atoms with van der Waals surface area (Å²) >= 11 is 1.79. The Labute approximate surface area is 112 Å². The molecule has 4 aromatic heterocycles. The highest BCUT2D eigenvalue weighted by Crippen LogP contribution is 2.34. The van der Waals surface area contributed by atoms with Crippen LogP contribution in [0.15, 0.2) is 42.9 Å². The van der Waals surface area contributed by atoms with Crippen LogP contribution in [0, 0.1) is 0 Å². The molecular formula is C14H9N4S+. The topological polar surface area (TPSA) is 34.1 Å². The summed E-state index contributed by atoms with van der Waals surface area (Å²) in [6.07, 6.45) is 5.77. The van der Waals surface area contributed by atoms with E-state index in [1.807, 2.05) is 24.5 Å². The minimum atomic E-state index is 0.912. The number of rotatable bonds is 0. The van der Waals surface area contributed by atoms with Crippen LogP contribution in [0.5, 0.6) is 0 Å². The van der Waals surface area contributed by atoms with Crippen molar-refractivity contribution in [2.45, 2.75) is 6.54 Å². The lowest BCUT2D eigenvalue weighted by atomic mass is 10.2. The van der Waals surface area contributed by atoms with Crippen molar-refractivity contribution < 1.29 is 4.57 Å². The molecule has 1 aliphatic rings. The van der Waals surface area contributed by atoms with Gasteiger partial charge in [-0.15, -0.1) is 0 Å². The van der Waals surface area contributed by atoms with Crippen molar-refractivity contribution in [1.82, 2.24) is 14.4 Å². The Morgan fingerprint density at radius 1 is 1.21 bits per heavy atom. The number of fused-ring (bicyclic) bond motifs is 7. The SMILES string of the molecule is c1cnc2c(c1)C[n+]1c-2sc2c1cc1ncccn12. The average molecular weight is 265 g/mol. The zero-order valence-electron chi connectivity index (χ0n) is 9.95. The molecule has 5 rings (SSSR count). The maximum absolute atomic E-state index is 4.52. The van der Waals surface area contributed by atoms with E-state index < -0.39 is 0 Å². The molecule has 1 aliphatic heterocycles. The maximum Gasteiger partial charge on any atom is 0.291 e. The van der Waals surface area contributed by atoms with Gasteiger partial charge in [-0.25, -0.2) is 9.97 Å². The number of pyridine rings is 1. The van der Waals surface area contributed by atoms with E-state index in [1.165, 1.54) is 20.9 Å². The molecule has 0 saturated heterocycles. The highest BCUT2D eigenvalue weighted by Gasteiger charge is 2.34. The van der Waals surface area contributed by atoms with E-state index in [1.54, 1.807) is 11.3 Å². The molecule has 5 heterocycles. The molecule has 0 unspecified atom stereocenters. The molecule has 0 fully saturated rings. The molecule has 0 N–H and O–H groups in total. The fourth-order valence-electron chi connectivity index (χ4n) is 2.78. The first-order valence-corrected chi connectivity index (χ1v) is 6.96. The summed E-state index contributed by atoms with van der Waals surface area (Å²) < 4.78 is 4.49. The van der Waals surface area contributed by atoms with Crippen molar-refractivity contribution in [2.24, 2.45) is 0 Å². The Morgan fingerprint density at radius 3 is 3.16 bits per heavy atom. The van der Waals surface area contributed by atoms with Crippen molar-refractivity contribution in [3.8, 4) is 10.7 Å². The lowest BCUT2D eigenvalue weighted by Gasteiger charge is -1.91. The first-order valence-electron chi connectivity index (χ1n) is 6.14. The van der Waals surface area contributed by atoms with Gasteiger partial charge in [0.05, 0.1) is 11.6 Å². The fraction of sp³-hybridized carbons (Fsp3) is 0.0714. The van der Waals surface area contributed by atoms with Crippen LogP contribution < -0.4 is 4.57 Å². The normalized spacial score (nSPS) is 13.1. The van der Waals surface area contributed by atoms with Crippen molar-refractivity contribution >= 4 is 27.3 Å². The van der Waals surface area contributed by atoms with Gasteiger partial charge in [0.15, 0.2) is 17.1 Å². The molecule has 0 amide bonds. The van der Waals surface area contributed by atoms with Crippen LogP contribution in [0.2, 0.25) is 0 Å². The Hall–Kier alpha value is -2.27. The van der Waals surface area contributed by atoms with E-state index in [0.717, 1.165) is 17.9 Å². The second kappa shape index (κ2) is 3.19. The molecule has 4 aromatic rings. The smallest absolute Gasteiger partial charge is 0.287 e. The fourth-order valence-corrected chi connectivity index (χ4v) is 4.04. The molecular weight excluding hydrogens is 256 g/mol. The van der Waals surface area contributed by atoms with Crippen molar-refractivity contribution in [1.29, 1.82) is 0 Å². The second-order valence-electron chi connectivity index (χ2n) is 4.69. The third kappa shape index (κ3) is 1.11. The van der Waals surface area contributed by atoms with E-state index in [4.69, 9.17) is 0 Å². The summed E-state index contributed by atoms with van der Waals surface area (Å²) in [6.45, 7) is 0.912. The molecule has 0 bridgehead atoms. The van der Waals surface area contributed by atoms with Crippen LogP contribution in [0.4, 0.5) is 0 Å². The predicted molar refractivity (Wildman–Crippen MR) is 73.1 cm³/mol. The van der Waals surface area contributed by atoms with Crippen LogP contribution in [0.1, 0.15) is 5.56 Å². The van der Waals surface area contributed by atoms with Gasteiger partial charge in [0.25, 0.3) is 5.01 Å². The molecule has 0 saturated carbocycles. The van der Waals surface area contributed by atoms with Gasteiger partial charge in [0.2, 0.25) is 5.52 Å². The highest BCUT2D eigenvalue weighted by atomic mass is 32.1. The zero-order chi connectivity index (χ0) is 12.4. The lowest BCUT2D eigenvalue weighted by molar-refractivity contribution is -0.641. The molecule has 5 heteroatoms. The van der Waals surface area contributed by atoms with Crippen LogP contribution in [0.25, 0.3) is 26.7 Å². The lowest BCUT2D eigenvalue weighted by Crippen LogP contribution is -2.29. The Balaban J connectivity index is 1.93. The van der Waals surface area contributed by atoms with Crippen LogP contribution in [0.3, 0.4) is 0 Å².